The Kier molecular flexibility index (Phi) is 2.79. The molecular weight excluding hydrogens is 176 g/mol. The second-order valence-electron chi connectivity index (χ2n) is 3.69. The van der Waals surface area contributed by atoms with Crippen LogP contribution in [-0.4, -0.2) is 21.9 Å². The van der Waals surface area contributed by atoms with Crippen LogP contribution in [-0.2, 0) is 0 Å². The summed E-state index contributed by atoms with van der Waals surface area (Å²) < 4.78 is 0. The van der Waals surface area contributed by atoms with Gasteiger partial charge in [-0.25, -0.2) is 0 Å². The average Bonchev–Trinajstić information content (AvgIpc) is 2.03. The molecule has 0 saturated heterocycles. The van der Waals surface area contributed by atoms with Gasteiger partial charge in [0.1, 0.15) is 0 Å². The van der Waals surface area contributed by atoms with Gasteiger partial charge in [-0.2, -0.15) is 0 Å². The number of rotatable bonds is 2. The lowest BCUT2D eigenvalue weighted by molar-refractivity contribution is -0.570. The van der Waals surface area contributed by atoms with Gasteiger partial charge in [0.25, 0.3) is 0 Å². The summed E-state index contributed by atoms with van der Waals surface area (Å²) in [5, 5.41) is 20.9. The number of hydrogen-bond donors (Lipinski definition) is 0. The van der Waals surface area contributed by atoms with Gasteiger partial charge in [0.2, 0.25) is 12.1 Å². The van der Waals surface area contributed by atoms with Crippen LogP contribution in [0.25, 0.3) is 0 Å². The molecule has 0 bridgehead atoms. The van der Waals surface area contributed by atoms with Crippen molar-refractivity contribution in [1.29, 1.82) is 0 Å². The first kappa shape index (κ1) is 9.88. The predicted octanol–water partition coefficient (Wildman–Crippen LogP) is 1.10. The van der Waals surface area contributed by atoms with E-state index in [1.807, 2.05) is 6.92 Å². The van der Waals surface area contributed by atoms with Crippen molar-refractivity contribution in [3.8, 4) is 0 Å². The molecule has 0 amide bonds. The van der Waals surface area contributed by atoms with Gasteiger partial charge < -0.3 is 0 Å². The van der Waals surface area contributed by atoms with Crippen LogP contribution in [0.3, 0.4) is 0 Å². The lowest BCUT2D eigenvalue weighted by atomic mass is 9.84. The highest BCUT2D eigenvalue weighted by atomic mass is 16.6. The van der Waals surface area contributed by atoms with Crippen LogP contribution < -0.4 is 0 Å². The van der Waals surface area contributed by atoms with Gasteiger partial charge in [-0.15, -0.1) is 0 Å². The molecule has 0 aromatic carbocycles. The highest BCUT2D eigenvalue weighted by Gasteiger charge is 2.39. The summed E-state index contributed by atoms with van der Waals surface area (Å²) >= 11 is 0. The second kappa shape index (κ2) is 3.68. The van der Waals surface area contributed by atoms with Crippen LogP contribution in [0.2, 0.25) is 0 Å². The first-order chi connectivity index (χ1) is 6.00. The van der Waals surface area contributed by atoms with Gasteiger partial charge in [-0.1, -0.05) is 6.92 Å². The van der Waals surface area contributed by atoms with E-state index in [9.17, 15) is 20.2 Å². The second-order valence-corrected chi connectivity index (χ2v) is 3.69. The highest BCUT2D eigenvalue weighted by molar-refractivity contribution is 4.76. The third-order valence-electron chi connectivity index (χ3n) is 2.49. The first-order valence-electron chi connectivity index (χ1n) is 4.27. The molecule has 1 aliphatic rings. The Morgan fingerprint density at radius 2 is 1.38 bits per heavy atom. The Balaban J connectivity index is 2.62. The normalized spacial score (nSPS) is 34.1. The van der Waals surface area contributed by atoms with Crippen molar-refractivity contribution in [1.82, 2.24) is 0 Å². The maximum atomic E-state index is 10.5. The van der Waals surface area contributed by atoms with E-state index in [-0.39, 0.29) is 12.3 Å². The summed E-state index contributed by atoms with van der Waals surface area (Å²) in [5.74, 6) is 0.0829. The summed E-state index contributed by atoms with van der Waals surface area (Å²) in [5.41, 5.74) is 0. The van der Waals surface area contributed by atoms with E-state index < -0.39 is 21.9 Å². The van der Waals surface area contributed by atoms with Crippen LogP contribution in [0.1, 0.15) is 26.2 Å². The van der Waals surface area contributed by atoms with E-state index in [2.05, 4.69) is 0 Å². The topological polar surface area (TPSA) is 86.3 Å². The predicted molar refractivity (Wildman–Crippen MR) is 44.6 cm³/mol. The smallest absolute Gasteiger partial charge is 0.220 e. The molecule has 0 aromatic heterocycles. The van der Waals surface area contributed by atoms with Gasteiger partial charge in [-0.3, -0.25) is 20.2 Å². The standard InChI is InChI=1S/C7H12N2O4/c1-5-2-6(8(10)11)4-7(3-5)9(12)13/h5-7H,2-4H2,1H3. The molecule has 6 nitrogen and oxygen atoms in total. The zero-order chi connectivity index (χ0) is 10.0. The number of nitrogens with zero attached hydrogens (tertiary/aromatic N) is 2. The molecule has 0 aliphatic heterocycles. The van der Waals surface area contributed by atoms with Crippen molar-refractivity contribution in [3.05, 3.63) is 20.2 Å². The van der Waals surface area contributed by atoms with E-state index in [4.69, 9.17) is 0 Å². The van der Waals surface area contributed by atoms with Gasteiger partial charge in [0.15, 0.2) is 0 Å². The molecule has 1 rings (SSSR count). The zero-order valence-corrected chi connectivity index (χ0v) is 7.38. The molecule has 0 spiro atoms. The SMILES string of the molecule is CC1CC([N+](=O)[O-])CC([N+](=O)[O-])C1. The van der Waals surface area contributed by atoms with Crippen molar-refractivity contribution >= 4 is 0 Å². The van der Waals surface area contributed by atoms with Gasteiger partial charge in [0.05, 0.1) is 6.42 Å². The molecule has 2 atom stereocenters. The molecule has 1 saturated carbocycles. The number of nitro groups is 2. The fraction of sp³-hybridized carbons (Fsp3) is 1.00. The van der Waals surface area contributed by atoms with Gasteiger partial charge in [0, 0.05) is 22.7 Å². The third-order valence-corrected chi connectivity index (χ3v) is 2.49. The van der Waals surface area contributed by atoms with Crippen LogP contribution in [0.5, 0.6) is 0 Å². The van der Waals surface area contributed by atoms with E-state index in [0.717, 1.165) is 0 Å². The van der Waals surface area contributed by atoms with Gasteiger partial charge >= 0.3 is 0 Å². The quantitative estimate of drug-likeness (QED) is 0.479. The van der Waals surface area contributed by atoms with Crippen molar-refractivity contribution in [2.24, 2.45) is 5.92 Å². The Morgan fingerprint density at radius 3 is 1.69 bits per heavy atom. The summed E-state index contributed by atoms with van der Waals surface area (Å²) in [6.45, 7) is 1.83. The third kappa shape index (κ3) is 2.37. The minimum Gasteiger partial charge on any atom is -0.264 e. The molecule has 1 aliphatic carbocycles. The molecule has 0 N–H and O–H groups in total. The maximum Gasteiger partial charge on any atom is 0.220 e. The molecule has 1 fully saturated rings. The van der Waals surface area contributed by atoms with E-state index in [1.165, 1.54) is 0 Å². The summed E-state index contributed by atoms with van der Waals surface area (Å²) in [7, 11) is 0. The van der Waals surface area contributed by atoms with Crippen LogP contribution in [0.4, 0.5) is 0 Å². The fourth-order valence-corrected chi connectivity index (χ4v) is 1.88. The first-order valence-corrected chi connectivity index (χ1v) is 4.27. The zero-order valence-electron chi connectivity index (χ0n) is 7.38. The largest absolute Gasteiger partial charge is 0.264 e. The molecule has 0 radical (unpaired) electrons. The summed E-state index contributed by atoms with van der Waals surface area (Å²) in [6.07, 6.45) is 1.03. The van der Waals surface area contributed by atoms with E-state index >= 15 is 0 Å². The lowest BCUT2D eigenvalue weighted by Gasteiger charge is -2.23. The number of hydrogen-bond acceptors (Lipinski definition) is 4. The Hall–Kier alpha value is -1.20. The molecule has 13 heavy (non-hydrogen) atoms. The lowest BCUT2D eigenvalue weighted by Crippen LogP contribution is -2.37. The van der Waals surface area contributed by atoms with E-state index in [1.54, 1.807) is 0 Å². The average molecular weight is 188 g/mol. The Morgan fingerprint density at radius 1 is 1.00 bits per heavy atom. The highest BCUT2D eigenvalue weighted by Crippen LogP contribution is 2.27. The Bertz CT molecular complexity index is 209. The van der Waals surface area contributed by atoms with E-state index in [0.29, 0.717) is 12.8 Å². The van der Waals surface area contributed by atoms with Gasteiger partial charge in [-0.05, 0) is 5.92 Å². The minimum atomic E-state index is -0.723. The minimum absolute atomic E-state index is 0.0829. The van der Waals surface area contributed by atoms with Crippen LogP contribution in [0, 0.1) is 26.1 Å². The summed E-state index contributed by atoms with van der Waals surface area (Å²) in [6, 6.07) is -1.45. The van der Waals surface area contributed by atoms with Crippen molar-refractivity contribution < 1.29 is 9.85 Å². The molecule has 74 valence electrons. The molecule has 0 heterocycles. The van der Waals surface area contributed by atoms with Crippen molar-refractivity contribution in [2.45, 2.75) is 38.3 Å². The van der Waals surface area contributed by atoms with Crippen LogP contribution >= 0.6 is 0 Å². The maximum absolute atomic E-state index is 10.5. The molecule has 0 aromatic rings. The van der Waals surface area contributed by atoms with Crippen molar-refractivity contribution in [2.75, 3.05) is 0 Å². The van der Waals surface area contributed by atoms with Crippen molar-refractivity contribution in [3.63, 3.8) is 0 Å². The molecular formula is C7H12N2O4. The Labute approximate surface area is 75.2 Å². The van der Waals surface area contributed by atoms with Crippen LogP contribution in [0.15, 0.2) is 0 Å². The fourth-order valence-electron chi connectivity index (χ4n) is 1.88. The summed E-state index contributed by atoms with van der Waals surface area (Å²) in [4.78, 5) is 20.1. The molecule has 2 unspecified atom stereocenters. The molecule has 6 heteroatoms. The monoisotopic (exact) mass is 188 g/mol.